The molecule has 3 rings (SSSR count). The number of rotatable bonds is 3. The Kier molecular flexibility index (Phi) is 4.15. The SMILES string of the molecule is Nc1ncnc2c1c(/C=C/Br)cn2[C@@H]1O[C@H](CO)[C@@H](O)[C@H]1O. The van der Waals surface area contributed by atoms with Crippen molar-refractivity contribution in [3.05, 3.63) is 23.1 Å². The van der Waals surface area contributed by atoms with Crippen molar-refractivity contribution < 1.29 is 20.1 Å². The summed E-state index contributed by atoms with van der Waals surface area (Å²) in [6.07, 6.45) is 0.685. The molecule has 0 aromatic carbocycles. The maximum atomic E-state index is 10.2. The zero-order valence-electron chi connectivity index (χ0n) is 11.4. The first kappa shape index (κ1) is 15.4. The molecule has 9 heteroatoms. The molecule has 0 saturated carbocycles. The molecule has 0 amide bonds. The van der Waals surface area contributed by atoms with E-state index in [1.165, 1.54) is 6.33 Å². The molecule has 0 unspecified atom stereocenters. The molecule has 4 atom stereocenters. The number of aliphatic hydroxyl groups excluding tert-OH is 3. The topological polar surface area (TPSA) is 127 Å². The maximum absolute atomic E-state index is 10.2. The summed E-state index contributed by atoms with van der Waals surface area (Å²) in [7, 11) is 0. The van der Waals surface area contributed by atoms with Gasteiger partial charge < -0.3 is 30.4 Å². The van der Waals surface area contributed by atoms with Crippen molar-refractivity contribution in [3.63, 3.8) is 0 Å². The van der Waals surface area contributed by atoms with Gasteiger partial charge in [-0.25, -0.2) is 9.97 Å². The van der Waals surface area contributed by atoms with Crippen molar-refractivity contribution >= 4 is 38.9 Å². The Hall–Kier alpha value is -1.52. The summed E-state index contributed by atoms with van der Waals surface area (Å²) in [4.78, 5) is 9.82. The molecule has 8 nitrogen and oxygen atoms in total. The van der Waals surface area contributed by atoms with E-state index in [0.29, 0.717) is 16.9 Å². The quantitative estimate of drug-likeness (QED) is 0.598. The van der Waals surface area contributed by atoms with Crippen LogP contribution < -0.4 is 5.73 Å². The van der Waals surface area contributed by atoms with Gasteiger partial charge in [0.15, 0.2) is 6.23 Å². The van der Waals surface area contributed by atoms with Crippen LogP contribution in [0, 0.1) is 0 Å². The summed E-state index contributed by atoms with van der Waals surface area (Å²) < 4.78 is 7.12. The van der Waals surface area contributed by atoms with Gasteiger partial charge in [0, 0.05) is 11.8 Å². The third-order valence-electron chi connectivity index (χ3n) is 3.70. The van der Waals surface area contributed by atoms with Crippen LogP contribution in [0.25, 0.3) is 17.1 Å². The van der Waals surface area contributed by atoms with E-state index in [1.54, 1.807) is 21.8 Å². The van der Waals surface area contributed by atoms with E-state index in [9.17, 15) is 15.3 Å². The van der Waals surface area contributed by atoms with E-state index < -0.39 is 24.5 Å². The number of nitrogens with two attached hydrogens (primary N) is 1. The Balaban J connectivity index is 2.14. The molecule has 1 aliphatic heterocycles. The van der Waals surface area contributed by atoms with Gasteiger partial charge in [0.05, 0.1) is 12.0 Å². The van der Waals surface area contributed by atoms with E-state index in [0.717, 1.165) is 5.56 Å². The molecule has 5 N–H and O–H groups in total. The van der Waals surface area contributed by atoms with Crippen LogP contribution in [-0.2, 0) is 4.74 Å². The second kappa shape index (κ2) is 5.94. The smallest absolute Gasteiger partial charge is 0.164 e. The fourth-order valence-corrected chi connectivity index (χ4v) is 2.92. The van der Waals surface area contributed by atoms with E-state index in [-0.39, 0.29) is 6.61 Å². The fourth-order valence-electron chi connectivity index (χ4n) is 2.64. The van der Waals surface area contributed by atoms with Crippen molar-refractivity contribution in [1.29, 1.82) is 0 Å². The summed E-state index contributed by atoms with van der Waals surface area (Å²) >= 11 is 3.21. The molecule has 1 fully saturated rings. The summed E-state index contributed by atoms with van der Waals surface area (Å²) in [5.74, 6) is 0.302. The number of nitrogen functional groups attached to an aromatic ring is 1. The third kappa shape index (κ3) is 2.31. The molecule has 1 saturated heterocycles. The number of fused-ring (bicyclic) bond motifs is 1. The van der Waals surface area contributed by atoms with Crippen LogP contribution in [0.1, 0.15) is 11.8 Å². The number of halogens is 1. The molecule has 0 radical (unpaired) electrons. The van der Waals surface area contributed by atoms with Crippen LogP contribution in [-0.4, -0.2) is 54.8 Å². The standard InChI is InChI=1S/C13H15BrN4O4/c14-2-1-6-3-18(12-8(6)11(15)16-5-17-12)13-10(21)9(20)7(4-19)22-13/h1-3,5,7,9-10,13,19-21H,4H2,(H2,15,16,17)/b2-1+/t7-,9-,10-,13-/m1/s1. The summed E-state index contributed by atoms with van der Waals surface area (Å²) in [6, 6.07) is 0. The number of ether oxygens (including phenoxy) is 1. The van der Waals surface area contributed by atoms with Crippen LogP contribution >= 0.6 is 15.9 Å². The Morgan fingerprint density at radius 2 is 2.14 bits per heavy atom. The van der Waals surface area contributed by atoms with Gasteiger partial charge in [0.1, 0.15) is 36.1 Å². The van der Waals surface area contributed by atoms with Crippen molar-refractivity contribution in [1.82, 2.24) is 14.5 Å². The van der Waals surface area contributed by atoms with Crippen molar-refractivity contribution in [2.45, 2.75) is 24.5 Å². The summed E-state index contributed by atoms with van der Waals surface area (Å²) in [5, 5.41) is 29.9. The lowest BCUT2D eigenvalue weighted by Gasteiger charge is -2.17. The second-order valence-corrected chi connectivity index (χ2v) is 5.50. The van der Waals surface area contributed by atoms with Gasteiger partial charge in [-0.15, -0.1) is 0 Å². The van der Waals surface area contributed by atoms with Crippen LogP contribution in [0.3, 0.4) is 0 Å². The fraction of sp³-hybridized carbons (Fsp3) is 0.385. The molecular formula is C13H15BrN4O4. The summed E-state index contributed by atoms with van der Waals surface area (Å²) in [6.45, 7) is -0.390. The summed E-state index contributed by atoms with van der Waals surface area (Å²) in [5.41, 5.74) is 7.12. The lowest BCUT2D eigenvalue weighted by Crippen LogP contribution is -2.33. The average Bonchev–Trinajstić information content (AvgIpc) is 3.00. The number of aromatic nitrogens is 3. The highest BCUT2D eigenvalue weighted by atomic mass is 79.9. The maximum Gasteiger partial charge on any atom is 0.164 e. The highest BCUT2D eigenvalue weighted by Gasteiger charge is 2.44. The van der Waals surface area contributed by atoms with Crippen molar-refractivity contribution in [2.24, 2.45) is 0 Å². The molecule has 0 aliphatic carbocycles. The van der Waals surface area contributed by atoms with E-state index in [2.05, 4.69) is 25.9 Å². The Morgan fingerprint density at radius 3 is 2.77 bits per heavy atom. The Morgan fingerprint density at radius 1 is 1.36 bits per heavy atom. The van der Waals surface area contributed by atoms with E-state index in [4.69, 9.17) is 10.5 Å². The average molecular weight is 371 g/mol. The molecule has 0 bridgehead atoms. The lowest BCUT2D eigenvalue weighted by atomic mass is 10.1. The third-order valence-corrected chi connectivity index (χ3v) is 3.97. The Labute approximate surface area is 134 Å². The second-order valence-electron chi connectivity index (χ2n) is 4.97. The number of hydrogen-bond donors (Lipinski definition) is 4. The highest BCUT2D eigenvalue weighted by molar-refractivity contribution is 9.11. The predicted molar refractivity (Wildman–Crippen MR) is 82.9 cm³/mol. The van der Waals surface area contributed by atoms with E-state index >= 15 is 0 Å². The lowest BCUT2D eigenvalue weighted by molar-refractivity contribution is -0.0508. The molecule has 0 spiro atoms. The van der Waals surface area contributed by atoms with E-state index in [1.807, 2.05) is 0 Å². The molecule has 118 valence electrons. The molecule has 1 aliphatic rings. The van der Waals surface area contributed by atoms with Crippen LogP contribution in [0.15, 0.2) is 17.5 Å². The predicted octanol–water partition coefficient (Wildman–Crippen LogP) is -0.00940. The first-order valence-corrected chi connectivity index (χ1v) is 7.50. The van der Waals surface area contributed by atoms with Gasteiger partial charge in [0.2, 0.25) is 0 Å². The first-order chi connectivity index (χ1) is 10.6. The number of nitrogens with zero attached hydrogens (tertiary/aromatic N) is 3. The molecule has 2 aromatic heterocycles. The first-order valence-electron chi connectivity index (χ1n) is 6.58. The minimum Gasteiger partial charge on any atom is -0.394 e. The normalized spacial score (nSPS) is 28.9. The number of aliphatic hydroxyl groups is 3. The monoisotopic (exact) mass is 370 g/mol. The van der Waals surface area contributed by atoms with Crippen molar-refractivity contribution in [2.75, 3.05) is 12.3 Å². The zero-order chi connectivity index (χ0) is 15.9. The van der Waals surface area contributed by atoms with Gasteiger partial charge >= 0.3 is 0 Å². The zero-order valence-corrected chi connectivity index (χ0v) is 13.0. The molecular weight excluding hydrogens is 356 g/mol. The number of anilines is 1. The minimum atomic E-state index is -1.19. The largest absolute Gasteiger partial charge is 0.394 e. The van der Waals surface area contributed by atoms with Gasteiger partial charge in [-0.2, -0.15) is 0 Å². The van der Waals surface area contributed by atoms with Gasteiger partial charge in [-0.05, 0) is 11.1 Å². The molecule has 3 heterocycles. The van der Waals surface area contributed by atoms with Gasteiger partial charge in [-0.1, -0.05) is 15.9 Å². The van der Waals surface area contributed by atoms with Crippen molar-refractivity contribution in [3.8, 4) is 0 Å². The van der Waals surface area contributed by atoms with Crippen LogP contribution in [0.5, 0.6) is 0 Å². The van der Waals surface area contributed by atoms with Crippen LogP contribution in [0.2, 0.25) is 0 Å². The van der Waals surface area contributed by atoms with Crippen LogP contribution in [0.4, 0.5) is 5.82 Å². The molecule has 2 aromatic rings. The Bertz CT molecular complexity index is 719. The highest BCUT2D eigenvalue weighted by Crippen LogP contribution is 2.34. The van der Waals surface area contributed by atoms with Gasteiger partial charge in [-0.3, -0.25) is 0 Å². The minimum absolute atomic E-state index is 0.302. The van der Waals surface area contributed by atoms with Gasteiger partial charge in [0.25, 0.3) is 0 Å². The molecule has 22 heavy (non-hydrogen) atoms. The number of hydrogen-bond acceptors (Lipinski definition) is 7.